The van der Waals surface area contributed by atoms with Crippen molar-refractivity contribution >= 4 is 23.1 Å². The zero-order valence-electron chi connectivity index (χ0n) is 10.9. The molecule has 3 rings (SSSR count). The van der Waals surface area contributed by atoms with Gasteiger partial charge in [-0.25, -0.2) is 9.50 Å². The molecule has 0 aliphatic heterocycles. The lowest BCUT2D eigenvalue weighted by Crippen LogP contribution is -2.11. The van der Waals surface area contributed by atoms with Crippen LogP contribution in [0.1, 0.15) is 15.9 Å². The van der Waals surface area contributed by atoms with Crippen molar-refractivity contribution in [2.45, 2.75) is 6.92 Å². The van der Waals surface area contributed by atoms with Crippen molar-refractivity contribution in [3.63, 3.8) is 0 Å². The summed E-state index contributed by atoms with van der Waals surface area (Å²) in [6.45, 7) is 2.02. The molecule has 2 heterocycles. The molecule has 1 amide bonds. The first-order valence-electron chi connectivity index (χ1n) is 6.11. The number of nitrogens with zero attached hydrogens (tertiary/aromatic N) is 3. The number of hydrogen-bond donors (Lipinski definition) is 2. The quantitative estimate of drug-likeness (QED) is 0.758. The molecular formula is C14H13N5O. The fourth-order valence-electron chi connectivity index (χ4n) is 1.98. The van der Waals surface area contributed by atoms with E-state index in [0.717, 1.165) is 11.3 Å². The lowest BCUT2D eigenvalue weighted by atomic mass is 10.2. The van der Waals surface area contributed by atoms with Crippen molar-refractivity contribution in [1.29, 1.82) is 0 Å². The van der Waals surface area contributed by atoms with E-state index >= 15 is 0 Å². The molecule has 1 aromatic carbocycles. The summed E-state index contributed by atoms with van der Waals surface area (Å²) in [4.78, 5) is 15.7. The lowest BCUT2D eigenvalue weighted by Gasteiger charge is -2.06. The largest absolute Gasteiger partial charge is 0.365 e. The van der Waals surface area contributed by atoms with Gasteiger partial charge in [0.1, 0.15) is 11.4 Å². The van der Waals surface area contributed by atoms with Gasteiger partial charge in [-0.05, 0) is 30.7 Å². The Labute approximate surface area is 115 Å². The molecule has 20 heavy (non-hydrogen) atoms. The Morgan fingerprint density at radius 2 is 2.20 bits per heavy atom. The summed E-state index contributed by atoms with van der Waals surface area (Å²) in [7, 11) is 0. The summed E-state index contributed by atoms with van der Waals surface area (Å²) in [6, 6.07) is 9.72. The normalized spacial score (nSPS) is 10.7. The Kier molecular flexibility index (Phi) is 2.83. The predicted molar refractivity (Wildman–Crippen MR) is 76.0 cm³/mol. The molecule has 0 aliphatic rings. The zero-order chi connectivity index (χ0) is 14.1. The molecular weight excluding hydrogens is 254 g/mol. The first kappa shape index (κ1) is 12.2. The van der Waals surface area contributed by atoms with Gasteiger partial charge in [-0.2, -0.15) is 5.10 Å². The van der Waals surface area contributed by atoms with E-state index in [1.54, 1.807) is 12.3 Å². The maximum Gasteiger partial charge on any atom is 0.254 e. The van der Waals surface area contributed by atoms with Gasteiger partial charge < -0.3 is 11.1 Å². The van der Waals surface area contributed by atoms with Crippen molar-refractivity contribution in [1.82, 2.24) is 14.6 Å². The minimum Gasteiger partial charge on any atom is -0.365 e. The zero-order valence-corrected chi connectivity index (χ0v) is 10.9. The molecule has 100 valence electrons. The van der Waals surface area contributed by atoms with E-state index in [2.05, 4.69) is 15.4 Å². The van der Waals surface area contributed by atoms with Crippen molar-refractivity contribution in [2.24, 2.45) is 5.73 Å². The number of hydrogen-bond acceptors (Lipinski definition) is 4. The third-order valence-electron chi connectivity index (χ3n) is 2.93. The highest BCUT2D eigenvalue weighted by molar-refractivity contribution is 5.98. The van der Waals surface area contributed by atoms with Crippen LogP contribution in [0.4, 0.5) is 11.5 Å². The molecule has 3 N–H and O–H groups in total. The van der Waals surface area contributed by atoms with E-state index in [-0.39, 0.29) is 0 Å². The van der Waals surface area contributed by atoms with Crippen LogP contribution >= 0.6 is 0 Å². The van der Waals surface area contributed by atoms with Gasteiger partial charge >= 0.3 is 0 Å². The second kappa shape index (κ2) is 4.65. The van der Waals surface area contributed by atoms with E-state index < -0.39 is 5.91 Å². The number of aromatic nitrogens is 3. The van der Waals surface area contributed by atoms with Crippen molar-refractivity contribution in [3.05, 3.63) is 53.9 Å². The maximum atomic E-state index is 11.3. The third-order valence-corrected chi connectivity index (χ3v) is 2.93. The molecule has 0 radical (unpaired) electrons. The van der Waals surface area contributed by atoms with E-state index in [0.29, 0.717) is 17.0 Å². The van der Waals surface area contributed by atoms with E-state index in [4.69, 9.17) is 5.73 Å². The standard InChI is InChI=1S/C14H13N5O/c1-9-3-2-4-10(7-9)17-12-5-6-19-14(18-12)11(8-16-19)13(15)20/h2-8H,1H3,(H2,15,20)(H,17,18). The highest BCUT2D eigenvalue weighted by atomic mass is 16.1. The van der Waals surface area contributed by atoms with Gasteiger partial charge in [-0.3, -0.25) is 4.79 Å². The van der Waals surface area contributed by atoms with Gasteiger partial charge in [0.15, 0.2) is 5.65 Å². The molecule has 6 nitrogen and oxygen atoms in total. The van der Waals surface area contributed by atoms with Gasteiger partial charge in [-0.1, -0.05) is 12.1 Å². The van der Waals surface area contributed by atoms with Crippen LogP contribution in [0.5, 0.6) is 0 Å². The molecule has 0 aliphatic carbocycles. The molecule has 0 atom stereocenters. The molecule has 0 spiro atoms. The number of anilines is 2. The van der Waals surface area contributed by atoms with Crippen LogP contribution in [0.3, 0.4) is 0 Å². The van der Waals surface area contributed by atoms with Crippen LogP contribution < -0.4 is 11.1 Å². The Bertz CT molecular complexity index is 793. The molecule has 0 saturated carbocycles. The van der Waals surface area contributed by atoms with Crippen molar-refractivity contribution in [2.75, 3.05) is 5.32 Å². The summed E-state index contributed by atoms with van der Waals surface area (Å²) in [5.41, 5.74) is 8.12. The number of rotatable bonds is 3. The Hall–Kier alpha value is -2.89. The molecule has 0 saturated heterocycles. The smallest absolute Gasteiger partial charge is 0.254 e. The average molecular weight is 267 g/mol. The number of nitrogens with one attached hydrogen (secondary N) is 1. The van der Waals surface area contributed by atoms with E-state index in [9.17, 15) is 4.79 Å². The first-order chi connectivity index (χ1) is 9.63. The van der Waals surface area contributed by atoms with Crippen LogP contribution in [-0.2, 0) is 0 Å². The Balaban J connectivity index is 2.00. The van der Waals surface area contributed by atoms with E-state index in [1.165, 1.54) is 10.7 Å². The minimum absolute atomic E-state index is 0.304. The van der Waals surface area contributed by atoms with Crippen LogP contribution in [0.15, 0.2) is 42.7 Å². The monoisotopic (exact) mass is 267 g/mol. The number of nitrogens with two attached hydrogens (primary N) is 1. The summed E-state index contributed by atoms with van der Waals surface area (Å²) in [5, 5.41) is 7.22. The summed E-state index contributed by atoms with van der Waals surface area (Å²) >= 11 is 0. The molecule has 6 heteroatoms. The molecule has 0 fully saturated rings. The third kappa shape index (κ3) is 2.18. The SMILES string of the molecule is Cc1cccc(Nc2ccn3ncc(C(N)=O)c3n2)c1. The fraction of sp³-hybridized carbons (Fsp3) is 0.0714. The molecule has 3 aromatic rings. The van der Waals surface area contributed by atoms with Crippen LogP contribution in [0.25, 0.3) is 5.65 Å². The Morgan fingerprint density at radius 3 is 2.95 bits per heavy atom. The molecule has 0 bridgehead atoms. The summed E-state index contributed by atoms with van der Waals surface area (Å²) in [6.07, 6.45) is 3.15. The summed E-state index contributed by atoms with van der Waals surface area (Å²) < 4.78 is 1.52. The second-order valence-electron chi connectivity index (χ2n) is 4.50. The summed E-state index contributed by atoms with van der Waals surface area (Å²) in [5.74, 6) is 0.0892. The van der Waals surface area contributed by atoms with Gasteiger partial charge in [0, 0.05) is 11.9 Å². The van der Waals surface area contributed by atoms with Crippen LogP contribution in [0, 0.1) is 6.92 Å². The topological polar surface area (TPSA) is 85.3 Å². The number of aryl methyl sites for hydroxylation is 1. The predicted octanol–water partition coefficient (Wildman–Crippen LogP) is 1.88. The second-order valence-corrected chi connectivity index (χ2v) is 4.50. The average Bonchev–Trinajstić information content (AvgIpc) is 2.82. The minimum atomic E-state index is -0.541. The highest BCUT2D eigenvalue weighted by Crippen LogP contribution is 2.17. The van der Waals surface area contributed by atoms with E-state index in [1.807, 2.05) is 31.2 Å². The number of carbonyl (C=O) groups excluding carboxylic acids is 1. The fourth-order valence-corrected chi connectivity index (χ4v) is 1.98. The highest BCUT2D eigenvalue weighted by Gasteiger charge is 2.11. The number of carbonyl (C=O) groups is 1. The number of amides is 1. The van der Waals surface area contributed by atoms with Crippen molar-refractivity contribution in [3.8, 4) is 0 Å². The Morgan fingerprint density at radius 1 is 1.35 bits per heavy atom. The van der Waals surface area contributed by atoms with Crippen LogP contribution in [-0.4, -0.2) is 20.5 Å². The van der Waals surface area contributed by atoms with Gasteiger partial charge in [-0.15, -0.1) is 0 Å². The number of fused-ring (bicyclic) bond motifs is 1. The van der Waals surface area contributed by atoms with Gasteiger partial charge in [0.2, 0.25) is 0 Å². The molecule has 2 aromatic heterocycles. The van der Waals surface area contributed by atoms with Crippen molar-refractivity contribution < 1.29 is 4.79 Å². The molecule has 0 unspecified atom stereocenters. The maximum absolute atomic E-state index is 11.3. The van der Waals surface area contributed by atoms with Gasteiger partial charge in [0.25, 0.3) is 5.91 Å². The lowest BCUT2D eigenvalue weighted by molar-refractivity contribution is 0.100. The number of benzene rings is 1. The van der Waals surface area contributed by atoms with Gasteiger partial charge in [0.05, 0.1) is 6.20 Å². The van der Waals surface area contributed by atoms with Crippen LogP contribution in [0.2, 0.25) is 0 Å². The first-order valence-corrected chi connectivity index (χ1v) is 6.11. The number of primary amides is 1.